The van der Waals surface area contributed by atoms with Crippen LogP contribution in [-0.2, 0) is 14.3 Å². The lowest BCUT2D eigenvalue weighted by atomic mass is 9.84. The predicted octanol–water partition coefficient (Wildman–Crippen LogP) is -0.423. The summed E-state index contributed by atoms with van der Waals surface area (Å²) in [6.07, 6.45) is -0.693. The van der Waals surface area contributed by atoms with E-state index in [4.69, 9.17) is 4.74 Å². The molecule has 1 amide bonds. The number of rotatable bonds is 2. The van der Waals surface area contributed by atoms with Crippen molar-refractivity contribution in [2.24, 2.45) is 5.92 Å². The smallest absolute Gasteiger partial charge is 0.335 e. The van der Waals surface area contributed by atoms with Gasteiger partial charge in [-0.25, -0.2) is 4.79 Å². The second kappa shape index (κ2) is 2.72. The van der Waals surface area contributed by atoms with Gasteiger partial charge in [0.1, 0.15) is 6.10 Å². The van der Waals surface area contributed by atoms with E-state index in [9.17, 15) is 14.7 Å². The Morgan fingerprint density at radius 3 is 2.53 bits per heavy atom. The molecule has 2 saturated heterocycles. The van der Waals surface area contributed by atoms with Gasteiger partial charge >= 0.3 is 5.97 Å². The second-order valence-electron chi connectivity index (χ2n) is 4.92. The average molecular weight is 213 g/mol. The van der Waals surface area contributed by atoms with E-state index in [2.05, 4.69) is 5.32 Å². The Morgan fingerprint density at radius 2 is 2.13 bits per heavy atom. The Hall–Kier alpha value is -1.10. The molecule has 3 atom stereocenters. The first-order chi connectivity index (χ1) is 6.83. The quantitative estimate of drug-likeness (QED) is 0.611. The maximum Gasteiger partial charge on any atom is 0.335 e. The van der Waals surface area contributed by atoms with E-state index >= 15 is 0 Å². The minimum atomic E-state index is -1.40. The molecular weight excluding hydrogens is 198 g/mol. The van der Waals surface area contributed by atoms with Gasteiger partial charge in [-0.2, -0.15) is 0 Å². The fourth-order valence-corrected chi connectivity index (χ4v) is 2.43. The lowest BCUT2D eigenvalue weighted by Gasteiger charge is -2.27. The normalized spacial score (nSPS) is 43.4. The number of carbonyl (C=O) groups is 2. The average Bonchev–Trinajstić information content (AvgIpc) is 2.37. The first kappa shape index (κ1) is 10.4. The van der Waals surface area contributed by atoms with E-state index < -0.39 is 29.1 Å². The van der Waals surface area contributed by atoms with Gasteiger partial charge in [0.15, 0.2) is 5.54 Å². The molecule has 2 fully saturated rings. The summed E-state index contributed by atoms with van der Waals surface area (Å²) >= 11 is 0. The van der Waals surface area contributed by atoms with Gasteiger partial charge in [-0.05, 0) is 19.3 Å². The second-order valence-corrected chi connectivity index (χ2v) is 4.92. The molecule has 2 heterocycles. The third kappa shape index (κ3) is 1.07. The Kier molecular flexibility index (Phi) is 1.89. The molecule has 0 aromatic rings. The number of fused-ring (bicyclic) bond motifs is 2. The van der Waals surface area contributed by atoms with Crippen LogP contribution in [0.15, 0.2) is 0 Å². The van der Waals surface area contributed by atoms with Gasteiger partial charge in [-0.15, -0.1) is 0 Å². The Balaban J connectivity index is 2.40. The number of aliphatic hydroxyl groups is 1. The van der Waals surface area contributed by atoms with Gasteiger partial charge in [0.05, 0.1) is 0 Å². The summed E-state index contributed by atoms with van der Waals surface area (Å²) in [5.74, 6) is -0.742. The number of hydrogen-bond donors (Lipinski definition) is 2. The Bertz CT molecular complexity index is 340. The predicted molar refractivity (Wildman–Crippen MR) is 50.8 cm³/mol. The molecule has 2 N–H and O–H groups in total. The third-order valence-electron chi connectivity index (χ3n) is 3.18. The Morgan fingerprint density at radius 1 is 1.53 bits per heavy atom. The highest BCUT2D eigenvalue weighted by Crippen LogP contribution is 2.43. The Labute approximate surface area is 87.8 Å². The van der Waals surface area contributed by atoms with Crippen LogP contribution in [0.1, 0.15) is 27.2 Å². The van der Waals surface area contributed by atoms with Gasteiger partial charge in [0.2, 0.25) is 5.60 Å². The van der Waals surface area contributed by atoms with Crippen LogP contribution in [-0.4, -0.2) is 34.2 Å². The molecule has 2 rings (SSSR count). The van der Waals surface area contributed by atoms with Crippen LogP contribution in [0.25, 0.3) is 0 Å². The summed E-state index contributed by atoms with van der Waals surface area (Å²) in [5.41, 5.74) is -2.62. The number of amides is 1. The first-order valence-corrected chi connectivity index (χ1v) is 5.07. The summed E-state index contributed by atoms with van der Waals surface area (Å²) in [4.78, 5) is 23.2. The fraction of sp³-hybridized carbons (Fsp3) is 0.800. The highest BCUT2D eigenvalue weighted by atomic mass is 16.6. The molecule has 15 heavy (non-hydrogen) atoms. The van der Waals surface area contributed by atoms with Crippen LogP contribution < -0.4 is 5.32 Å². The summed E-state index contributed by atoms with van der Waals surface area (Å²) in [6, 6.07) is 0. The number of hydrogen-bond acceptors (Lipinski definition) is 4. The van der Waals surface area contributed by atoms with Crippen LogP contribution in [0.4, 0.5) is 0 Å². The lowest BCUT2D eigenvalue weighted by molar-refractivity contribution is -0.166. The van der Waals surface area contributed by atoms with Gasteiger partial charge < -0.3 is 15.2 Å². The zero-order valence-electron chi connectivity index (χ0n) is 9.03. The number of aliphatic hydroxyl groups excluding tert-OH is 1. The van der Waals surface area contributed by atoms with Crippen molar-refractivity contribution in [2.75, 3.05) is 0 Å². The maximum atomic E-state index is 11.7. The van der Waals surface area contributed by atoms with Crippen LogP contribution in [0.3, 0.4) is 0 Å². The monoisotopic (exact) mass is 213 g/mol. The summed E-state index contributed by atoms with van der Waals surface area (Å²) in [6.45, 7) is 5.30. The zero-order valence-corrected chi connectivity index (χ0v) is 9.03. The standard InChI is InChI=1S/C10H15NO4/c1-5(2)4-10-6(12)9(3,7(13)11-10)15-8(10)14/h5-6,12H,4H2,1-3H3,(H,11,13). The first-order valence-electron chi connectivity index (χ1n) is 5.07. The largest absolute Gasteiger partial charge is 0.444 e. The number of ether oxygens (including phenoxy) is 1. The van der Waals surface area contributed by atoms with E-state index in [0.29, 0.717) is 6.42 Å². The molecule has 0 aromatic heterocycles. The molecule has 84 valence electrons. The van der Waals surface area contributed by atoms with Crippen molar-refractivity contribution in [3.63, 3.8) is 0 Å². The van der Waals surface area contributed by atoms with E-state index in [1.54, 1.807) is 0 Å². The highest BCUT2D eigenvalue weighted by Gasteiger charge is 2.72. The summed E-state index contributed by atoms with van der Waals surface area (Å²) in [7, 11) is 0. The fourth-order valence-electron chi connectivity index (χ4n) is 2.43. The molecule has 5 heteroatoms. The molecule has 0 spiro atoms. The van der Waals surface area contributed by atoms with E-state index in [0.717, 1.165) is 0 Å². The van der Waals surface area contributed by atoms with Crippen LogP contribution >= 0.6 is 0 Å². The minimum Gasteiger partial charge on any atom is -0.444 e. The van der Waals surface area contributed by atoms with E-state index in [-0.39, 0.29) is 5.92 Å². The number of carbonyl (C=O) groups excluding carboxylic acids is 2. The van der Waals surface area contributed by atoms with Gasteiger partial charge in [-0.1, -0.05) is 13.8 Å². The number of nitrogens with one attached hydrogen (secondary N) is 1. The molecule has 0 aliphatic carbocycles. The third-order valence-corrected chi connectivity index (χ3v) is 3.18. The van der Waals surface area contributed by atoms with Gasteiger partial charge in [0, 0.05) is 0 Å². The van der Waals surface area contributed by atoms with Crippen molar-refractivity contribution < 1.29 is 19.4 Å². The van der Waals surface area contributed by atoms with Crippen LogP contribution in [0.2, 0.25) is 0 Å². The number of morpholine rings is 1. The SMILES string of the molecule is CC(C)CC12NC(=O)C(C)(OC1=O)C2O. The molecule has 0 saturated carbocycles. The summed E-state index contributed by atoms with van der Waals surface area (Å²) in [5, 5.41) is 12.6. The van der Waals surface area contributed by atoms with Crippen molar-refractivity contribution in [3.8, 4) is 0 Å². The van der Waals surface area contributed by atoms with E-state index in [1.165, 1.54) is 6.92 Å². The minimum absolute atomic E-state index is 0.188. The molecular formula is C10H15NO4. The van der Waals surface area contributed by atoms with Crippen molar-refractivity contribution >= 4 is 11.9 Å². The van der Waals surface area contributed by atoms with Gasteiger partial charge in [0.25, 0.3) is 5.91 Å². The molecule has 5 nitrogen and oxygen atoms in total. The van der Waals surface area contributed by atoms with Gasteiger partial charge in [-0.3, -0.25) is 4.79 Å². The molecule has 3 unspecified atom stereocenters. The molecule has 0 radical (unpaired) electrons. The highest BCUT2D eigenvalue weighted by molar-refractivity contribution is 6.04. The summed E-state index contributed by atoms with van der Waals surface area (Å²) < 4.78 is 4.98. The van der Waals surface area contributed by atoms with Crippen LogP contribution in [0.5, 0.6) is 0 Å². The topological polar surface area (TPSA) is 75.6 Å². The molecule has 2 aliphatic heterocycles. The van der Waals surface area contributed by atoms with Crippen molar-refractivity contribution in [1.82, 2.24) is 5.32 Å². The zero-order chi connectivity index (χ0) is 11.4. The van der Waals surface area contributed by atoms with Crippen LogP contribution in [0, 0.1) is 5.92 Å². The lowest BCUT2D eigenvalue weighted by Crippen LogP contribution is -2.55. The van der Waals surface area contributed by atoms with Crippen molar-refractivity contribution in [3.05, 3.63) is 0 Å². The van der Waals surface area contributed by atoms with Crippen molar-refractivity contribution in [2.45, 2.75) is 44.4 Å². The molecule has 2 aliphatic rings. The number of esters is 1. The van der Waals surface area contributed by atoms with E-state index in [1.807, 2.05) is 13.8 Å². The molecule has 0 aromatic carbocycles. The maximum absolute atomic E-state index is 11.7. The van der Waals surface area contributed by atoms with Crippen molar-refractivity contribution in [1.29, 1.82) is 0 Å². The molecule has 2 bridgehead atoms.